The van der Waals surface area contributed by atoms with Crippen LogP contribution >= 0.6 is 0 Å². The fraction of sp³-hybridized carbons (Fsp3) is 0.182. The van der Waals surface area contributed by atoms with E-state index < -0.39 is 5.97 Å². The summed E-state index contributed by atoms with van der Waals surface area (Å²) < 4.78 is 9.63. The maximum Gasteiger partial charge on any atom is 0.358 e. The van der Waals surface area contributed by atoms with Crippen LogP contribution in [0.5, 0.6) is 5.75 Å². The molecule has 1 aromatic heterocycles. The Morgan fingerprint density at radius 2 is 2.00 bits per heavy atom. The van der Waals surface area contributed by atoms with Crippen LogP contribution < -0.4 is 4.74 Å². The Morgan fingerprint density at radius 1 is 1.19 bits per heavy atom. The summed E-state index contributed by atoms with van der Waals surface area (Å²) in [6.07, 6.45) is 0. The zero-order valence-corrected chi connectivity index (χ0v) is 8.93. The number of rotatable bonds is 2. The summed E-state index contributed by atoms with van der Waals surface area (Å²) in [4.78, 5) is 11.2. The van der Waals surface area contributed by atoms with Gasteiger partial charge in [-0.3, -0.25) is 0 Å². The molecule has 2 aromatic rings. The van der Waals surface area contributed by atoms with Crippen LogP contribution in [0.3, 0.4) is 0 Å². The van der Waals surface area contributed by atoms with Crippen molar-refractivity contribution in [2.75, 3.05) is 14.2 Å². The second kappa shape index (κ2) is 4.14. The first-order chi connectivity index (χ1) is 7.74. The lowest BCUT2D eigenvalue weighted by Crippen LogP contribution is -2.05. The highest BCUT2D eigenvalue weighted by Crippen LogP contribution is 2.18. The lowest BCUT2D eigenvalue weighted by molar-refractivity contribution is 0.0593. The van der Waals surface area contributed by atoms with Gasteiger partial charge in [0.1, 0.15) is 5.75 Å². The lowest BCUT2D eigenvalue weighted by atomic mass is 10.2. The summed E-state index contributed by atoms with van der Waals surface area (Å²) in [5.41, 5.74) is 0.868. The Balaban J connectivity index is 2.51. The van der Waals surface area contributed by atoms with E-state index in [2.05, 4.69) is 14.9 Å². The van der Waals surface area contributed by atoms with Crippen molar-refractivity contribution in [1.82, 2.24) is 10.2 Å². The van der Waals surface area contributed by atoms with E-state index in [-0.39, 0.29) is 5.69 Å². The molecule has 0 aliphatic heterocycles. The lowest BCUT2D eigenvalue weighted by Gasteiger charge is -2.02. The van der Waals surface area contributed by atoms with Gasteiger partial charge in [-0.25, -0.2) is 4.79 Å². The van der Waals surface area contributed by atoms with E-state index in [9.17, 15) is 4.79 Å². The van der Waals surface area contributed by atoms with Gasteiger partial charge in [-0.05, 0) is 18.2 Å². The molecule has 0 aliphatic rings. The highest BCUT2D eigenvalue weighted by atomic mass is 16.5. The van der Waals surface area contributed by atoms with Crippen molar-refractivity contribution in [2.45, 2.75) is 0 Å². The Kier molecular flexibility index (Phi) is 2.68. The van der Waals surface area contributed by atoms with Gasteiger partial charge in [-0.2, -0.15) is 0 Å². The van der Waals surface area contributed by atoms with Crippen LogP contribution in [0.25, 0.3) is 10.9 Å². The van der Waals surface area contributed by atoms with E-state index in [0.717, 1.165) is 5.39 Å². The standard InChI is InChI=1S/C11H10N2O3/c1-15-8-4-3-7-5-10(11(14)16-2)13-12-9(7)6-8/h3-6H,1-2H3. The summed E-state index contributed by atoms with van der Waals surface area (Å²) in [5, 5.41) is 8.52. The number of hydrogen-bond donors (Lipinski definition) is 0. The molecule has 0 radical (unpaired) electrons. The Hall–Kier alpha value is -2.17. The van der Waals surface area contributed by atoms with Crippen molar-refractivity contribution < 1.29 is 14.3 Å². The van der Waals surface area contributed by atoms with Gasteiger partial charge in [0.25, 0.3) is 0 Å². The van der Waals surface area contributed by atoms with Gasteiger partial charge >= 0.3 is 5.97 Å². The third kappa shape index (κ3) is 1.79. The Labute approximate surface area is 92.0 Å². The zero-order valence-electron chi connectivity index (χ0n) is 8.93. The smallest absolute Gasteiger partial charge is 0.358 e. The van der Waals surface area contributed by atoms with Gasteiger partial charge in [0, 0.05) is 11.5 Å². The number of benzene rings is 1. The molecule has 0 bridgehead atoms. The molecule has 5 heteroatoms. The third-order valence-corrected chi connectivity index (χ3v) is 2.19. The van der Waals surface area contributed by atoms with Crippen LogP contribution in [0.2, 0.25) is 0 Å². The Bertz CT molecular complexity index is 540. The molecule has 1 aromatic carbocycles. The molecule has 0 aliphatic carbocycles. The maximum absolute atomic E-state index is 11.2. The first kappa shape index (κ1) is 10.4. The number of fused-ring (bicyclic) bond motifs is 1. The van der Waals surface area contributed by atoms with Gasteiger partial charge in [0.2, 0.25) is 0 Å². The van der Waals surface area contributed by atoms with E-state index >= 15 is 0 Å². The summed E-state index contributed by atoms with van der Waals surface area (Å²) in [6.45, 7) is 0. The molecular formula is C11H10N2O3. The highest BCUT2D eigenvalue weighted by molar-refractivity contribution is 5.91. The van der Waals surface area contributed by atoms with Crippen LogP contribution in [0.15, 0.2) is 24.3 Å². The number of nitrogens with zero attached hydrogens (tertiary/aromatic N) is 2. The summed E-state index contributed by atoms with van der Waals surface area (Å²) >= 11 is 0. The number of ether oxygens (including phenoxy) is 2. The van der Waals surface area contributed by atoms with Crippen LogP contribution in [-0.4, -0.2) is 30.4 Å². The van der Waals surface area contributed by atoms with Crippen LogP contribution in [-0.2, 0) is 4.74 Å². The monoisotopic (exact) mass is 218 g/mol. The van der Waals surface area contributed by atoms with Crippen molar-refractivity contribution >= 4 is 16.9 Å². The number of hydrogen-bond acceptors (Lipinski definition) is 5. The van der Waals surface area contributed by atoms with E-state index in [4.69, 9.17) is 4.74 Å². The van der Waals surface area contributed by atoms with Gasteiger partial charge in [-0.15, -0.1) is 10.2 Å². The van der Waals surface area contributed by atoms with Gasteiger partial charge in [-0.1, -0.05) is 0 Å². The van der Waals surface area contributed by atoms with E-state index in [1.54, 1.807) is 25.3 Å². The highest BCUT2D eigenvalue weighted by Gasteiger charge is 2.09. The molecule has 0 N–H and O–H groups in total. The molecule has 0 saturated carbocycles. The number of carbonyl (C=O) groups is 1. The predicted molar refractivity (Wildman–Crippen MR) is 57.4 cm³/mol. The molecule has 82 valence electrons. The van der Waals surface area contributed by atoms with E-state index in [1.807, 2.05) is 6.07 Å². The largest absolute Gasteiger partial charge is 0.497 e. The molecule has 0 saturated heterocycles. The van der Waals surface area contributed by atoms with Crippen molar-refractivity contribution in [1.29, 1.82) is 0 Å². The number of methoxy groups -OCH3 is 2. The fourth-order valence-corrected chi connectivity index (χ4v) is 1.35. The maximum atomic E-state index is 11.2. The average molecular weight is 218 g/mol. The summed E-state index contributed by atoms with van der Waals surface area (Å²) in [6, 6.07) is 7.00. The van der Waals surface area contributed by atoms with Crippen molar-refractivity contribution in [3.8, 4) is 5.75 Å². The third-order valence-electron chi connectivity index (χ3n) is 2.19. The average Bonchev–Trinajstić information content (AvgIpc) is 2.36. The zero-order chi connectivity index (χ0) is 11.5. The second-order valence-corrected chi connectivity index (χ2v) is 3.15. The molecule has 0 amide bonds. The van der Waals surface area contributed by atoms with Crippen LogP contribution in [0.4, 0.5) is 0 Å². The summed E-state index contributed by atoms with van der Waals surface area (Å²) in [7, 11) is 2.89. The molecule has 2 rings (SSSR count). The van der Waals surface area contributed by atoms with Crippen molar-refractivity contribution in [3.63, 3.8) is 0 Å². The normalized spacial score (nSPS) is 10.1. The molecule has 0 spiro atoms. The first-order valence-electron chi connectivity index (χ1n) is 4.64. The molecule has 0 atom stereocenters. The number of carbonyl (C=O) groups excluding carboxylic acids is 1. The SMILES string of the molecule is COC(=O)c1cc2ccc(OC)cc2nn1. The molecule has 1 heterocycles. The minimum atomic E-state index is -0.495. The van der Waals surface area contributed by atoms with Gasteiger partial charge in [0.05, 0.1) is 19.7 Å². The van der Waals surface area contributed by atoms with Crippen molar-refractivity contribution in [2.24, 2.45) is 0 Å². The van der Waals surface area contributed by atoms with Crippen LogP contribution in [0.1, 0.15) is 10.5 Å². The first-order valence-corrected chi connectivity index (χ1v) is 4.64. The minimum absolute atomic E-state index is 0.195. The Morgan fingerprint density at radius 3 is 2.69 bits per heavy atom. The minimum Gasteiger partial charge on any atom is -0.497 e. The fourth-order valence-electron chi connectivity index (χ4n) is 1.35. The number of aromatic nitrogens is 2. The molecule has 0 fully saturated rings. The molecule has 0 unspecified atom stereocenters. The quantitative estimate of drug-likeness (QED) is 0.713. The molecule has 5 nitrogen and oxygen atoms in total. The van der Waals surface area contributed by atoms with Crippen molar-refractivity contribution in [3.05, 3.63) is 30.0 Å². The second-order valence-electron chi connectivity index (χ2n) is 3.15. The predicted octanol–water partition coefficient (Wildman–Crippen LogP) is 1.42. The van der Waals surface area contributed by atoms with Gasteiger partial charge in [0.15, 0.2) is 5.69 Å². The number of esters is 1. The van der Waals surface area contributed by atoms with Gasteiger partial charge < -0.3 is 9.47 Å². The summed E-state index contributed by atoms with van der Waals surface area (Å²) in [5.74, 6) is 0.206. The topological polar surface area (TPSA) is 61.3 Å². The molecule has 16 heavy (non-hydrogen) atoms. The van der Waals surface area contributed by atoms with E-state index in [0.29, 0.717) is 11.3 Å². The van der Waals surface area contributed by atoms with E-state index in [1.165, 1.54) is 7.11 Å². The van der Waals surface area contributed by atoms with Crippen LogP contribution in [0, 0.1) is 0 Å². The molecular weight excluding hydrogens is 208 g/mol.